The van der Waals surface area contributed by atoms with Crippen LogP contribution in [-0.2, 0) is 4.74 Å². The van der Waals surface area contributed by atoms with Crippen molar-refractivity contribution in [3.05, 3.63) is 29.0 Å². The third-order valence-corrected chi connectivity index (χ3v) is 3.78. The van der Waals surface area contributed by atoms with E-state index in [2.05, 4.69) is 10.3 Å². The number of halogens is 2. The van der Waals surface area contributed by atoms with Crippen LogP contribution in [0.2, 0.25) is 5.02 Å². The van der Waals surface area contributed by atoms with Gasteiger partial charge in [0, 0.05) is 25.3 Å². The van der Waals surface area contributed by atoms with Crippen LogP contribution in [0.1, 0.15) is 23.3 Å². The summed E-state index contributed by atoms with van der Waals surface area (Å²) in [5, 5.41) is 3.47. The average molecular weight is 289 g/mol. The molecule has 0 aromatic carbocycles. The van der Waals surface area contributed by atoms with E-state index in [-0.39, 0.29) is 5.91 Å². The van der Waals surface area contributed by atoms with Gasteiger partial charge in [-0.05, 0) is 25.0 Å². The van der Waals surface area contributed by atoms with Gasteiger partial charge in [0.2, 0.25) is 0 Å². The van der Waals surface area contributed by atoms with Crippen molar-refractivity contribution >= 4 is 29.1 Å². The number of nitrogens with zero attached hydrogens (tertiary/aromatic N) is 1. The minimum Gasteiger partial charge on any atom is -0.381 e. The second-order valence-corrected chi connectivity index (χ2v) is 5.05. The summed E-state index contributed by atoms with van der Waals surface area (Å²) < 4.78 is 5.29. The third-order valence-electron chi connectivity index (χ3n) is 3.04. The zero-order valence-electron chi connectivity index (χ0n) is 9.79. The molecule has 18 heavy (non-hydrogen) atoms. The molecule has 1 fully saturated rings. The van der Waals surface area contributed by atoms with Crippen LogP contribution in [0.5, 0.6) is 0 Å². The van der Waals surface area contributed by atoms with E-state index in [1.165, 1.54) is 6.20 Å². The largest absolute Gasteiger partial charge is 0.381 e. The fourth-order valence-electron chi connectivity index (χ4n) is 1.87. The lowest BCUT2D eigenvalue weighted by atomic mass is 9.92. The second kappa shape index (κ2) is 5.87. The van der Waals surface area contributed by atoms with Gasteiger partial charge in [-0.3, -0.25) is 4.79 Å². The first-order valence-electron chi connectivity index (χ1n) is 5.73. The Hall–Kier alpha value is -0.840. The van der Waals surface area contributed by atoms with Crippen LogP contribution in [0.4, 0.5) is 0 Å². The maximum atomic E-state index is 12.1. The quantitative estimate of drug-likeness (QED) is 0.868. The number of pyridine rings is 1. The zero-order valence-corrected chi connectivity index (χ0v) is 11.3. The molecule has 1 amide bonds. The molecule has 1 N–H and O–H groups in total. The first-order valence-corrected chi connectivity index (χ1v) is 6.64. The fraction of sp³-hybridized carbons (Fsp3) is 0.500. The number of carbonyl (C=O) groups is 1. The highest BCUT2D eigenvalue weighted by Gasteiger charge is 2.33. The summed E-state index contributed by atoms with van der Waals surface area (Å²) in [6.45, 7) is 1.22. The molecule has 1 saturated heterocycles. The molecule has 0 spiro atoms. The van der Waals surface area contributed by atoms with Gasteiger partial charge in [-0.25, -0.2) is 4.98 Å². The topological polar surface area (TPSA) is 51.2 Å². The van der Waals surface area contributed by atoms with E-state index in [9.17, 15) is 4.79 Å². The van der Waals surface area contributed by atoms with E-state index in [0.29, 0.717) is 29.8 Å². The van der Waals surface area contributed by atoms with E-state index in [1.54, 1.807) is 12.1 Å². The van der Waals surface area contributed by atoms with Crippen LogP contribution in [0.3, 0.4) is 0 Å². The SMILES string of the molecule is O=C(NC1(CCl)CCOCC1)c1ccc(Cl)cn1. The molecule has 0 radical (unpaired) electrons. The first kappa shape index (κ1) is 13.6. The lowest BCUT2D eigenvalue weighted by molar-refractivity contribution is 0.0432. The van der Waals surface area contributed by atoms with Crippen LogP contribution in [0.25, 0.3) is 0 Å². The van der Waals surface area contributed by atoms with Crippen molar-refractivity contribution in [2.75, 3.05) is 19.1 Å². The van der Waals surface area contributed by atoms with Crippen molar-refractivity contribution in [2.24, 2.45) is 0 Å². The molecule has 1 aliphatic rings. The highest BCUT2D eigenvalue weighted by Crippen LogP contribution is 2.22. The molecule has 2 rings (SSSR count). The van der Waals surface area contributed by atoms with Gasteiger partial charge in [-0.2, -0.15) is 0 Å². The molecule has 0 saturated carbocycles. The number of hydrogen-bond donors (Lipinski definition) is 1. The summed E-state index contributed by atoms with van der Waals surface area (Å²) in [7, 11) is 0. The van der Waals surface area contributed by atoms with Crippen molar-refractivity contribution in [3.63, 3.8) is 0 Å². The molecule has 1 aromatic heterocycles. The second-order valence-electron chi connectivity index (χ2n) is 4.34. The summed E-state index contributed by atoms with van der Waals surface area (Å²) in [6.07, 6.45) is 2.89. The van der Waals surface area contributed by atoms with E-state index in [1.807, 2.05) is 0 Å². The minimum absolute atomic E-state index is 0.228. The van der Waals surface area contributed by atoms with Gasteiger partial charge in [0.1, 0.15) is 5.69 Å². The Kier molecular flexibility index (Phi) is 4.43. The van der Waals surface area contributed by atoms with Crippen molar-refractivity contribution in [2.45, 2.75) is 18.4 Å². The molecule has 2 heterocycles. The molecular weight excluding hydrogens is 275 g/mol. The van der Waals surface area contributed by atoms with Gasteiger partial charge < -0.3 is 10.1 Å². The van der Waals surface area contributed by atoms with Crippen molar-refractivity contribution in [3.8, 4) is 0 Å². The zero-order chi connectivity index (χ0) is 13.0. The molecule has 0 atom stereocenters. The molecule has 0 unspecified atom stereocenters. The number of carbonyl (C=O) groups excluding carboxylic acids is 1. The summed E-state index contributed by atoms with van der Waals surface area (Å²) in [5.41, 5.74) is -0.0477. The Morgan fingerprint density at radius 1 is 1.44 bits per heavy atom. The lowest BCUT2D eigenvalue weighted by Gasteiger charge is -2.36. The van der Waals surface area contributed by atoms with Gasteiger partial charge in [0.05, 0.1) is 10.6 Å². The molecule has 6 heteroatoms. The number of alkyl halides is 1. The lowest BCUT2D eigenvalue weighted by Crippen LogP contribution is -2.53. The highest BCUT2D eigenvalue weighted by molar-refractivity contribution is 6.30. The highest BCUT2D eigenvalue weighted by atomic mass is 35.5. The van der Waals surface area contributed by atoms with Crippen LogP contribution >= 0.6 is 23.2 Å². The predicted molar refractivity (Wildman–Crippen MR) is 70.2 cm³/mol. The van der Waals surface area contributed by atoms with E-state index >= 15 is 0 Å². The van der Waals surface area contributed by atoms with Crippen molar-refractivity contribution in [1.82, 2.24) is 10.3 Å². The number of rotatable bonds is 3. The molecule has 0 aliphatic carbocycles. The molecule has 4 nitrogen and oxygen atoms in total. The van der Waals surface area contributed by atoms with E-state index in [0.717, 1.165) is 12.8 Å². The van der Waals surface area contributed by atoms with E-state index in [4.69, 9.17) is 27.9 Å². The van der Waals surface area contributed by atoms with Crippen LogP contribution in [0, 0.1) is 0 Å². The molecule has 1 aromatic rings. The third kappa shape index (κ3) is 3.13. The smallest absolute Gasteiger partial charge is 0.270 e. The fourth-order valence-corrected chi connectivity index (χ4v) is 2.32. The normalized spacial score (nSPS) is 18.3. The molecule has 1 aliphatic heterocycles. The standard InChI is InChI=1S/C12H14Cl2N2O2/c13-8-12(3-5-18-6-4-12)16-11(17)10-2-1-9(14)7-15-10/h1-2,7H,3-6,8H2,(H,16,17). The summed E-state index contributed by atoms with van der Waals surface area (Å²) in [5.74, 6) is 0.143. The van der Waals surface area contributed by atoms with Crippen molar-refractivity contribution in [1.29, 1.82) is 0 Å². The number of amides is 1. The van der Waals surface area contributed by atoms with Crippen LogP contribution in [0.15, 0.2) is 18.3 Å². The Morgan fingerprint density at radius 3 is 2.72 bits per heavy atom. The summed E-state index contributed by atoms with van der Waals surface area (Å²) >= 11 is 11.7. The van der Waals surface area contributed by atoms with Gasteiger partial charge in [-0.1, -0.05) is 11.6 Å². The van der Waals surface area contributed by atoms with Gasteiger partial charge in [0.15, 0.2) is 0 Å². The Labute approximate surface area is 116 Å². The Bertz CT molecular complexity index is 417. The summed E-state index contributed by atoms with van der Waals surface area (Å²) in [4.78, 5) is 16.1. The first-order chi connectivity index (χ1) is 8.65. The number of ether oxygens (including phenoxy) is 1. The van der Waals surface area contributed by atoms with Crippen molar-refractivity contribution < 1.29 is 9.53 Å². The number of hydrogen-bond acceptors (Lipinski definition) is 3. The predicted octanol–water partition coefficient (Wildman–Crippen LogP) is 2.25. The van der Waals surface area contributed by atoms with Gasteiger partial charge in [0.25, 0.3) is 5.91 Å². The molecular formula is C12H14Cl2N2O2. The molecule has 98 valence electrons. The summed E-state index contributed by atoms with van der Waals surface area (Å²) in [6, 6.07) is 3.24. The number of nitrogens with one attached hydrogen (secondary N) is 1. The minimum atomic E-state index is -0.391. The number of aromatic nitrogens is 1. The monoisotopic (exact) mass is 288 g/mol. The maximum absolute atomic E-state index is 12.1. The van der Waals surface area contributed by atoms with Gasteiger partial charge >= 0.3 is 0 Å². The van der Waals surface area contributed by atoms with E-state index < -0.39 is 5.54 Å². The average Bonchev–Trinajstić information content (AvgIpc) is 2.40. The molecule has 0 bridgehead atoms. The Balaban J connectivity index is 2.07. The maximum Gasteiger partial charge on any atom is 0.270 e. The Morgan fingerprint density at radius 2 is 2.17 bits per heavy atom. The van der Waals surface area contributed by atoms with Crippen LogP contribution in [-0.4, -0.2) is 35.5 Å². The van der Waals surface area contributed by atoms with Gasteiger partial charge in [-0.15, -0.1) is 11.6 Å². The van der Waals surface area contributed by atoms with Crippen LogP contribution < -0.4 is 5.32 Å².